The summed E-state index contributed by atoms with van der Waals surface area (Å²) < 4.78 is 4.87. The number of methoxy groups -OCH3 is 1. The summed E-state index contributed by atoms with van der Waals surface area (Å²) in [6.07, 6.45) is 8.47. The van der Waals surface area contributed by atoms with Crippen molar-refractivity contribution in [1.82, 2.24) is 0 Å². The minimum atomic E-state index is -0.232. The zero-order chi connectivity index (χ0) is 16.3. The number of rotatable bonds is 1. The number of hydrogen-bond donors (Lipinski definition) is 0. The molecule has 3 aliphatic rings. The van der Waals surface area contributed by atoms with Crippen LogP contribution in [-0.2, 0) is 43.3 Å². The Balaban J connectivity index is 1.46. The first-order chi connectivity index (χ1) is 11.7. The van der Waals surface area contributed by atoms with E-state index in [1.54, 1.807) is 22.3 Å². The molecule has 2 nitrogen and oxygen atoms in total. The zero-order valence-corrected chi connectivity index (χ0v) is 14.2. The summed E-state index contributed by atoms with van der Waals surface area (Å²) in [7, 11) is 1.45. The van der Waals surface area contributed by atoms with E-state index in [9.17, 15) is 4.79 Å². The van der Waals surface area contributed by atoms with Crippen LogP contribution in [0.25, 0.3) is 0 Å². The van der Waals surface area contributed by atoms with Crippen LogP contribution in [-0.4, -0.2) is 13.1 Å². The van der Waals surface area contributed by atoms with Crippen LogP contribution in [0, 0.1) is 5.41 Å². The summed E-state index contributed by atoms with van der Waals surface area (Å²) in [6.45, 7) is 0. The predicted molar refractivity (Wildman–Crippen MR) is 93.5 cm³/mol. The van der Waals surface area contributed by atoms with Crippen molar-refractivity contribution < 1.29 is 9.53 Å². The Labute approximate surface area is 142 Å². The molecule has 0 saturated heterocycles. The molecule has 0 unspecified atom stereocenters. The highest BCUT2D eigenvalue weighted by molar-refractivity contribution is 5.89. The fourth-order valence-corrected chi connectivity index (χ4v) is 5.25. The van der Waals surface area contributed by atoms with Crippen LogP contribution in [0.5, 0.6) is 0 Å². The fourth-order valence-electron chi connectivity index (χ4n) is 5.25. The van der Waals surface area contributed by atoms with Crippen LogP contribution in [0.3, 0.4) is 0 Å². The lowest BCUT2D eigenvalue weighted by Crippen LogP contribution is -2.21. The van der Waals surface area contributed by atoms with Gasteiger partial charge >= 0.3 is 5.97 Å². The average Bonchev–Trinajstić information content (AvgIpc) is 3.25. The monoisotopic (exact) mass is 318 g/mol. The lowest BCUT2D eigenvalue weighted by atomic mass is 9.82. The van der Waals surface area contributed by atoms with E-state index in [0.717, 1.165) is 12.8 Å². The summed E-state index contributed by atoms with van der Waals surface area (Å²) in [4.78, 5) is 11.8. The normalized spacial score (nSPS) is 19.2. The molecule has 0 bridgehead atoms. The van der Waals surface area contributed by atoms with Crippen LogP contribution in [0.2, 0.25) is 0 Å². The number of esters is 1. The van der Waals surface area contributed by atoms with Gasteiger partial charge in [-0.25, -0.2) is 4.79 Å². The maximum absolute atomic E-state index is 11.8. The number of hydrogen-bond acceptors (Lipinski definition) is 2. The first kappa shape index (κ1) is 14.3. The molecule has 3 aliphatic carbocycles. The lowest BCUT2D eigenvalue weighted by Gasteiger charge is -2.21. The molecule has 2 heteroatoms. The first-order valence-corrected chi connectivity index (χ1v) is 8.99. The van der Waals surface area contributed by atoms with E-state index in [2.05, 4.69) is 24.3 Å². The molecule has 0 atom stereocenters. The number of aryl methyl sites for hydroxylation is 2. The Kier molecular flexibility index (Phi) is 2.94. The molecule has 0 amide bonds. The number of carbonyl (C=O) groups is 1. The Morgan fingerprint density at radius 1 is 0.833 bits per heavy atom. The van der Waals surface area contributed by atoms with E-state index >= 15 is 0 Å². The van der Waals surface area contributed by atoms with Gasteiger partial charge in [0.15, 0.2) is 0 Å². The second kappa shape index (κ2) is 4.95. The van der Waals surface area contributed by atoms with Crippen molar-refractivity contribution in [2.75, 3.05) is 7.11 Å². The molecule has 0 N–H and O–H groups in total. The smallest absolute Gasteiger partial charge is 0.337 e. The van der Waals surface area contributed by atoms with Crippen molar-refractivity contribution in [3.8, 4) is 0 Å². The van der Waals surface area contributed by atoms with Gasteiger partial charge in [-0.1, -0.05) is 18.2 Å². The average molecular weight is 318 g/mol. The summed E-state index contributed by atoms with van der Waals surface area (Å²) >= 11 is 0. The summed E-state index contributed by atoms with van der Waals surface area (Å²) in [5, 5.41) is 0. The zero-order valence-electron chi connectivity index (χ0n) is 14.2. The quantitative estimate of drug-likeness (QED) is 0.747. The maximum atomic E-state index is 11.8. The minimum Gasteiger partial charge on any atom is -0.465 e. The predicted octanol–water partition coefficient (Wildman–Crippen LogP) is 3.85. The lowest BCUT2D eigenvalue weighted by molar-refractivity contribution is 0.0600. The second-order valence-electron chi connectivity index (χ2n) is 7.93. The summed E-state index contributed by atoms with van der Waals surface area (Å²) in [6, 6.07) is 11.1. The second-order valence-corrected chi connectivity index (χ2v) is 7.93. The first-order valence-electron chi connectivity index (χ1n) is 8.99. The Hall–Kier alpha value is -2.09. The van der Waals surface area contributed by atoms with Crippen LogP contribution in [0.4, 0.5) is 0 Å². The third kappa shape index (κ3) is 2.05. The Bertz CT molecular complexity index is 830. The SMILES string of the molecule is COC(=O)c1ccc2c(c1)CC1(C2)Cc2cc3c(cc2C1)CCC3. The van der Waals surface area contributed by atoms with Gasteiger partial charge in [0.05, 0.1) is 12.7 Å². The van der Waals surface area contributed by atoms with Crippen molar-refractivity contribution in [1.29, 1.82) is 0 Å². The van der Waals surface area contributed by atoms with E-state index < -0.39 is 0 Å². The van der Waals surface area contributed by atoms with Gasteiger partial charge in [0, 0.05) is 0 Å². The molecule has 2 aromatic carbocycles. The Morgan fingerprint density at radius 2 is 1.42 bits per heavy atom. The highest BCUT2D eigenvalue weighted by Crippen LogP contribution is 2.48. The van der Waals surface area contributed by atoms with Crippen molar-refractivity contribution in [2.45, 2.75) is 44.9 Å². The van der Waals surface area contributed by atoms with E-state index in [0.29, 0.717) is 11.0 Å². The van der Waals surface area contributed by atoms with Crippen LogP contribution < -0.4 is 0 Å². The number of fused-ring (bicyclic) bond motifs is 3. The van der Waals surface area contributed by atoms with Crippen molar-refractivity contribution >= 4 is 5.97 Å². The van der Waals surface area contributed by atoms with Gasteiger partial charge in [-0.05, 0) is 95.9 Å². The number of benzene rings is 2. The molecule has 122 valence electrons. The summed E-state index contributed by atoms with van der Waals surface area (Å²) in [5.74, 6) is -0.232. The fraction of sp³-hybridized carbons (Fsp3) is 0.409. The van der Waals surface area contributed by atoms with Gasteiger partial charge < -0.3 is 4.74 Å². The minimum absolute atomic E-state index is 0.232. The van der Waals surface area contributed by atoms with E-state index in [4.69, 9.17) is 4.74 Å². The van der Waals surface area contributed by atoms with Gasteiger partial charge in [-0.3, -0.25) is 0 Å². The molecular formula is C22H22O2. The van der Waals surface area contributed by atoms with Crippen molar-refractivity contribution in [2.24, 2.45) is 5.41 Å². The van der Waals surface area contributed by atoms with E-state index in [1.165, 1.54) is 50.3 Å². The molecule has 5 rings (SSSR count). The molecular weight excluding hydrogens is 296 g/mol. The van der Waals surface area contributed by atoms with Gasteiger partial charge in [0.25, 0.3) is 0 Å². The van der Waals surface area contributed by atoms with Crippen LogP contribution in [0.15, 0.2) is 30.3 Å². The highest BCUT2D eigenvalue weighted by atomic mass is 16.5. The summed E-state index contributed by atoms with van der Waals surface area (Å²) in [5.41, 5.74) is 10.1. The number of ether oxygens (including phenoxy) is 1. The van der Waals surface area contributed by atoms with Crippen LogP contribution in [0.1, 0.15) is 50.2 Å². The molecule has 1 spiro atoms. The van der Waals surface area contributed by atoms with E-state index in [1.807, 2.05) is 6.07 Å². The standard InChI is InChI=1S/C22H22O2/c1-24-21(23)16-5-6-17-10-22(11-18(17)9-16)12-19-7-14-3-2-4-15(14)8-20(19)13-22/h5-9H,2-4,10-13H2,1H3. The van der Waals surface area contributed by atoms with Gasteiger partial charge in [0.2, 0.25) is 0 Å². The Morgan fingerprint density at radius 3 is 2.04 bits per heavy atom. The molecule has 0 saturated carbocycles. The van der Waals surface area contributed by atoms with Gasteiger partial charge in [0.1, 0.15) is 0 Å². The molecule has 0 heterocycles. The maximum Gasteiger partial charge on any atom is 0.337 e. The van der Waals surface area contributed by atoms with Gasteiger partial charge in [-0.15, -0.1) is 0 Å². The molecule has 0 fully saturated rings. The van der Waals surface area contributed by atoms with Crippen LogP contribution >= 0.6 is 0 Å². The number of carbonyl (C=O) groups excluding carboxylic acids is 1. The van der Waals surface area contributed by atoms with Crippen molar-refractivity contribution in [3.63, 3.8) is 0 Å². The largest absolute Gasteiger partial charge is 0.465 e. The highest BCUT2D eigenvalue weighted by Gasteiger charge is 2.42. The molecule has 0 radical (unpaired) electrons. The third-order valence-corrected chi connectivity index (χ3v) is 6.30. The molecule has 0 aromatic heterocycles. The molecule has 24 heavy (non-hydrogen) atoms. The third-order valence-electron chi connectivity index (χ3n) is 6.30. The van der Waals surface area contributed by atoms with Crippen molar-refractivity contribution in [3.05, 3.63) is 69.3 Å². The van der Waals surface area contributed by atoms with E-state index in [-0.39, 0.29) is 5.97 Å². The molecule has 0 aliphatic heterocycles. The molecule has 2 aromatic rings. The van der Waals surface area contributed by atoms with Gasteiger partial charge in [-0.2, -0.15) is 0 Å². The topological polar surface area (TPSA) is 26.3 Å².